The monoisotopic (exact) mass is 276 g/mol. The molecule has 0 spiro atoms. The molecule has 3 N–H and O–H groups in total. The van der Waals surface area contributed by atoms with Crippen molar-refractivity contribution in [2.45, 2.75) is 32.2 Å². The molecule has 0 radical (unpaired) electrons. The SMILES string of the molecule is CC(C)(N)CN1CCC(Cc2cccc(C(=O)O)c2)C1. The van der Waals surface area contributed by atoms with Gasteiger partial charge < -0.3 is 15.7 Å². The van der Waals surface area contributed by atoms with Crippen LogP contribution in [0, 0.1) is 5.92 Å². The highest BCUT2D eigenvalue weighted by Crippen LogP contribution is 2.22. The first-order valence-electron chi connectivity index (χ1n) is 7.17. The van der Waals surface area contributed by atoms with Gasteiger partial charge in [-0.3, -0.25) is 0 Å². The summed E-state index contributed by atoms with van der Waals surface area (Å²) in [5.74, 6) is -0.258. The van der Waals surface area contributed by atoms with Crippen molar-refractivity contribution in [3.05, 3.63) is 35.4 Å². The van der Waals surface area contributed by atoms with Gasteiger partial charge in [0.05, 0.1) is 5.56 Å². The van der Waals surface area contributed by atoms with Crippen LogP contribution in [-0.4, -0.2) is 41.1 Å². The fourth-order valence-corrected chi connectivity index (χ4v) is 2.96. The van der Waals surface area contributed by atoms with Crippen molar-refractivity contribution in [2.75, 3.05) is 19.6 Å². The maximum Gasteiger partial charge on any atom is 0.335 e. The first kappa shape index (κ1) is 15.0. The van der Waals surface area contributed by atoms with Crippen molar-refractivity contribution >= 4 is 5.97 Å². The fourth-order valence-electron chi connectivity index (χ4n) is 2.96. The van der Waals surface area contributed by atoms with Crippen LogP contribution in [0.4, 0.5) is 0 Å². The van der Waals surface area contributed by atoms with Crippen LogP contribution < -0.4 is 5.73 Å². The quantitative estimate of drug-likeness (QED) is 0.863. The van der Waals surface area contributed by atoms with Crippen molar-refractivity contribution in [3.8, 4) is 0 Å². The zero-order valence-electron chi connectivity index (χ0n) is 12.3. The van der Waals surface area contributed by atoms with Crippen LogP contribution in [0.15, 0.2) is 24.3 Å². The molecule has 1 aliphatic rings. The summed E-state index contributed by atoms with van der Waals surface area (Å²) >= 11 is 0. The van der Waals surface area contributed by atoms with Gasteiger partial charge in [-0.25, -0.2) is 4.79 Å². The van der Waals surface area contributed by atoms with E-state index in [4.69, 9.17) is 10.8 Å². The molecule has 1 aromatic rings. The molecule has 2 rings (SSSR count). The Balaban J connectivity index is 1.92. The fraction of sp³-hybridized carbons (Fsp3) is 0.562. The second-order valence-corrected chi connectivity index (χ2v) is 6.59. The van der Waals surface area contributed by atoms with E-state index in [2.05, 4.69) is 18.7 Å². The highest BCUT2D eigenvalue weighted by molar-refractivity contribution is 5.87. The second kappa shape index (κ2) is 5.94. The topological polar surface area (TPSA) is 66.6 Å². The molecule has 1 fully saturated rings. The summed E-state index contributed by atoms with van der Waals surface area (Å²) < 4.78 is 0. The van der Waals surface area contributed by atoms with Crippen molar-refractivity contribution in [1.82, 2.24) is 4.90 Å². The van der Waals surface area contributed by atoms with Crippen LogP contribution in [-0.2, 0) is 6.42 Å². The molecule has 1 aliphatic heterocycles. The Morgan fingerprint density at radius 2 is 2.25 bits per heavy atom. The average molecular weight is 276 g/mol. The number of hydrogen-bond donors (Lipinski definition) is 2. The van der Waals surface area contributed by atoms with Crippen LogP contribution >= 0.6 is 0 Å². The molecule has 20 heavy (non-hydrogen) atoms. The molecule has 1 aromatic carbocycles. The zero-order valence-corrected chi connectivity index (χ0v) is 12.3. The summed E-state index contributed by atoms with van der Waals surface area (Å²) in [6.45, 7) is 7.16. The summed E-state index contributed by atoms with van der Waals surface area (Å²) in [4.78, 5) is 13.4. The normalized spacial score (nSPS) is 20.2. The number of carbonyl (C=O) groups is 1. The van der Waals surface area contributed by atoms with Crippen molar-refractivity contribution in [1.29, 1.82) is 0 Å². The smallest absolute Gasteiger partial charge is 0.335 e. The van der Waals surface area contributed by atoms with Gasteiger partial charge in [-0.1, -0.05) is 12.1 Å². The maximum absolute atomic E-state index is 11.0. The lowest BCUT2D eigenvalue weighted by atomic mass is 9.97. The number of rotatable bonds is 5. The third-order valence-electron chi connectivity index (χ3n) is 3.70. The molecule has 4 nitrogen and oxygen atoms in total. The molecule has 1 atom stereocenters. The van der Waals surface area contributed by atoms with Gasteiger partial charge in [0.2, 0.25) is 0 Å². The maximum atomic E-state index is 11.0. The molecule has 4 heteroatoms. The first-order valence-corrected chi connectivity index (χ1v) is 7.17. The predicted octanol–water partition coefficient (Wildman–Crippen LogP) is 1.99. The van der Waals surface area contributed by atoms with Crippen LogP contribution in [0.1, 0.15) is 36.2 Å². The van der Waals surface area contributed by atoms with Crippen molar-refractivity contribution in [2.24, 2.45) is 11.7 Å². The van der Waals surface area contributed by atoms with Crippen LogP contribution in [0.3, 0.4) is 0 Å². The van der Waals surface area contributed by atoms with Gasteiger partial charge in [0.25, 0.3) is 0 Å². The summed E-state index contributed by atoms with van der Waals surface area (Å²) in [7, 11) is 0. The van der Waals surface area contributed by atoms with Crippen molar-refractivity contribution < 1.29 is 9.90 Å². The zero-order chi connectivity index (χ0) is 14.8. The number of carboxylic acids is 1. The van der Waals surface area contributed by atoms with Crippen LogP contribution in [0.2, 0.25) is 0 Å². The Labute approximate surface area is 120 Å². The Kier molecular flexibility index (Phi) is 4.45. The van der Waals surface area contributed by atoms with E-state index < -0.39 is 5.97 Å². The lowest BCUT2D eigenvalue weighted by Gasteiger charge is -2.26. The molecule has 1 saturated heterocycles. The number of aromatic carboxylic acids is 1. The Morgan fingerprint density at radius 3 is 2.90 bits per heavy atom. The van der Waals surface area contributed by atoms with E-state index in [0.29, 0.717) is 11.5 Å². The highest BCUT2D eigenvalue weighted by Gasteiger charge is 2.26. The van der Waals surface area contributed by atoms with E-state index in [9.17, 15) is 4.79 Å². The number of carboxylic acid groups (broad SMARTS) is 1. The second-order valence-electron chi connectivity index (χ2n) is 6.59. The molecule has 110 valence electrons. The van der Waals surface area contributed by atoms with Gasteiger partial charge in [-0.05, 0) is 56.8 Å². The minimum Gasteiger partial charge on any atom is -0.478 e. The van der Waals surface area contributed by atoms with E-state index in [-0.39, 0.29) is 5.54 Å². The van der Waals surface area contributed by atoms with E-state index in [1.807, 2.05) is 12.1 Å². The summed E-state index contributed by atoms with van der Waals surface area (Å²) in [5.41, 5.74) is 7.39. The minimum atomic E-state index is -0.857. The van der Waals surface area contributed by atoms with Gasteiger partial charge >= 0.3 is 5.97 Å². The molecular formula is C16H24N2O2. The van der Waals surface area contributed by atoms with E-state index in [1.54, 1.807) is 12.1 Å². The predicted molar refractivity (Wildman–Crippen MR) is 79.9 cm³/mol. The van der Waals surface area contributed by atoms with Gasteiger partial charge in [-0.2, -0.15) is 0 Å². The standard InChI is InChI=1S/C16H24N2O2/c1-16(2,17)11-18-7-6-13(10-18)8-12-4-3-5-14(9-12)15(19)20/h3-5,9,13H,6-8,10-11,17H2,1-2H3,(H,19,20). The Morgan fingerprint density at radius 1 is 1.50 bits per heavy atom. The molecule has 1 unspecified atom stereocenters. The summed E-state index contributed by atoms with van der Waals surface area (Å²) in [6.07, 6.45) is 2.11. The van der Waals surface area contributed by atoms with Crippen LogP contribution in [0.5, 0.6) is 0 Å². The highest BCUT2D eigenvalue weighted by atomic mass is 16.4. The minimum absolute atomic E-state index is 0.155. The third kappa shape index (κ3) is 4.32. The van der Waals surface area contributed by atoms with Crippen molar-refractivity contribution in [3.63, 3.8) is 0 Å². The number of nitrogens with two attached hydrogens (primary N) is 1. The first-order chi connectivity index (χ1) is 9.33. The average Bonchev–Trinajstić information content (AvgIpc) is 2.74. The molecule has 0 saturated carbocycles. The molecular weight excluding hydrogens is 252 g/mol. The van der Waals surface area contributed by atoms with Gasteiger partial charge in [0.1, 0.15) is 0 Å². The van der Waals surface area contributed by atoms with E-state index >= 15 is 0 Å². The number of hydrogen-bond acceptors (Lipinski definition) is 3. The third-order valence-corrected chi connectivity index (χ3v) is 3.70. The molecule has 0 aliphatic carbocycles. The molecule has 1 heterocycles. The van der Waals surface area contributed by atoms with Gasteiger partial charge in [0, 0.05) is 18.6 Å². The lowest BCUT2D eigenvalue weighted by molar-refractivity contribution is 0.0696. The molecule has 0 aromatic heterocycles. The van der Waals surface area contributed by atoms with E-state index in [0.717, 1.165) is 38.0 Å². The number of benzene rings is 1. The molecule has 0 amide bonds. The van der Waals surface area contributed by atoms with E-state index in [1.165, 1.54) is 0 Å². The Hall–Kier alpha value is -1.39. The summed E-state index contributed by atoms with van der Waals surface area (Å²) in [6, 6.07) is 7.28. The number of likely N-dealkylation sites (tertiary alicyclic amines) is 1. The largest absolute Gasteiger partial charge is 0.478 e. The summed E-state index contributed by atoms with van der Waals surface area (Å²) in [5, 5.41) is 9.02. The Bertz CT molecular complexity index is 480. The number of nitrogens with zero attached hydrogens (tertiary/aromatic N) is 1. The lowest BCUT2D eigenvalue weighted by Crippen LogP contribution is -2.44. The molecule has 0 bridgehead atoms. The van der Waals surface area contributed by atoms with Gasteiger partial charge in [0.15, 0.2) is 0 Å². The van der Waals surface area contributed by atoms with Gasteiger partial charge in [-0.15, -0.1) is 0 Å². The van der Waals surface area contributed by atoms with Crippen LogP contribution in [0.25, 0.3) is 0 Å².